The fourth-order valence-corrected chi connectivity index (χ4v) is 8.37. The highest BCUT2D eigenvalue weighted by Crippen LogP contribution is 2.44. The maximum absolute atomic E-state index is 4.57. The van der Waals surface area contributed by atoms with Crippen LogP contribution in [0, 0.1) is 0 Å². The number of anilines is 3. The van der Waals surface area contributed by atoms with Crippen molar-refractivity contribution in [1.82, 2.24) is 19.9 Å². The molecule has 0 bridgehead atoms. The van der Waals surface area contributed by atoms with Crippen molar-refractivity contribution in [2.75, 3.05) is 11.4 Å². The predicted molar refractivity (Wildman–Crippen MR) is 259 cm³/mol. The molecule has 9 aromatic rings. The van der Waals surface area contributed by atoms with E-state index in [0.29, 0.717) is 5.82 Å². The van der Waals surface area contributed by atoms with Crippen molar-refractivity contribution in [3.63, 3.8) is 0 Å². The van der Waals surface area contributed by atoms with E-state index in [9.17, 15) is 0 Å². The first-order chi connectivity index (χ1) is 30.6. The molecule has 0 amide bonds. The fourth-order valence-electron chi connectivity index (χ4n) is 8.37. The van der Waals surface area contributed by atoms with Gasteiger partial charge in [-0.25, -0.2) is 15.0 Å². The number of aliphatic imine (C=N–C) groups is 1. The lowest BCUT2D eigenvalue weighted by atomic mass is 9.93. The van der Waals surface area contributed by atoms with Crippen molar-refractivity contribution in [2.45, 2.75) is 0 Å². The summed E-state index contributed by atoms with van der Waals surface area (Å²) >= 11 is 0. The Hall–Kier alpha value is -8.35. The molecule has 0 unspecified atom stereocenters. The zero-order valence-electron chi connectivity index (χ0n) is 34.1. The van der Waals surface area contributed by atoms with Crippen LogP contribution in [0.2, 0.25) is 0 Å². The zero-order chi connectivity index (χ0) is 41.8. The molecule has 3 heterocycles. The van der Waals surface area contributed by atoms with Gasteiger partial charge in [0.1, 0.15) is 5.84 Å². The van der Waals surface area contributed by atoms with E-state index in [0.717, 1.165) is 101 Å². The minimum atomic E-state index is 0.689. The highest BCUT2D eigenvalue weighted by atomic mass is 15.1. The molecule has 2 aromatic heterocycles. The van der Waals surface area contributed by atoms with Crippen LogP contribution in [0.3, 0.4) is 0 Å². The molecule has 0 aliphatic carbocycles. The molecule has 10 rings (SSSR count). The Morgan fingerprint density at radius 1 is 0.629 bits per heavy atom. The molecule has 0 radical (unpaired) electrons. The molecular weight excluding hydrogens is 757 g/mol. The van der Waals surface area contributed by atoms with Gasteiger partial charge >= 0.3 is 0 Å². The first-order valence-electron chi connectivity index (χ1n) is 20.7. The summed E-state index contributed by atoms with van der Waals surface area (Å²) in [4.78, 5) is 15.8. The quantitative estimate of drug-likeness (QED) is 0.132. The van der Waals surface area contributed by atoms with Gasteiger partial charge in [-0.2, -0.15) is 0 Å². The lowest BCUT2D eigenvalue weighted by Gasteiger charge is -2.26. The Balaban J connectivity index is 1.16. The molecule has 0 spiro atoms. The SMILES string of the molecule is C=C/C=C\C(=C)c1cccc2c1c1cc(-c3ccccc3)cc(-c3ccccc3)c1n2-c1ccc(N(c2ccc(C3=NC=CCN3)cc2)c2ccc(-c3ncccn3)cc2)cc1. The molecule has 0 atom stereocenters. The average molecular weight is 799 g/mol. The van der Waals surface area contributed by atoms with Crippen LogP contribution in [0.1, 0.15) is 11.1 Å². The van der Waals surface area contributed by atoms with Crippen LogP contribution in [0.5, 0.6) is 0 Å². The molecule has 1 aliphatic rings. The molecule has 296 valence electrons. The standard InChI is InChI=1S/C56H42N6/c1-3-4-14-39(2)49-19-11-20-52-53(49)51-38-44(40-15-7-5-8-16-40)37-50(41-17-9-6-10-18-41)54(51)62(52)48-31-29-47(30-32-48)61(45-25-21-42(22-26-45)55-57-33-12-34-58-55)46-27-23-43(24-28-46)56-59-35-13-36-60-56/h3-35,37-38H,1-2,36H2,(H,59,60)/b14-4-. The lowest BCUT2D eigenvalue weighted by molar-refractivity contribution is 1.01. The summed E-state index contributed by atoms with van der Waals surface area (Å²) in [7, 11) is 0. The van der Waals surface area contributed by atoms with E-state index in [1.54, 1.807) is 18.5 Å². The lowest BCUT2D eigenvalue weighted by Crippen LogP contribution is -2.26. The molecule has 0 fully saturated rings. The van der Waals surface area contributed by atoms with Gasteiger partial charge in [0.05, 0.1) is 11.0 Å². The number of allylic oxidation sites excluding steroid dienone is 4. The number of rotatable bonds is 11. The molecule has 1 N–H and O–H groups in total. The van der Waals surface area contributed by atoms with E-state index in [-0.39, 0.29) is 0 Å². The Morgan fingerprint density at radius 3 is 1.92 bits per heavy atom. The minimum Gasteiger partial charge on any atom is -0.366 e. The van der Waals surface area contributed by atoms with Gasteiger partial charge in [-0.1, -0.05) is 104 Å². The Labute approximate surface area is 361 Å². The third-order valence-electron chi connectivity index (χ3n) is 11.3. The summed E-state index contributed by atoms with van der Waals surface area (Å²) in [5.41, 5.74) is 14.9. The number of amidine groups is 1. The number of nitrogens with one attached hydrogen (secondary N) is 1. The van der Waals surface area contributed by atoms with E-state index < -0.39 is 0 Å². The minimum absolute atomic E-state index is 0.689. The van der Waals surface area contributed by atoms with Crippen LogP contribution < -0.4 is 10.2 Å². The molecule has 6 nitrogen and oxygen atoms in total. The first kappa shape index (κ1) is 37.9. The third kappa shape index (κ3) is 7.20. The van der Waals surface area contributed by atoms with Gasteiger partial charge in [-0.3, -0.25) is 0 Å². The largest absolute Gasteiger partial charge is 0.366 e. The second kappa shape index (κ2) is 16.7. The maximum atomic E-state index is 4.57. The van der Waals surface area contributed by atoms with Crippen LogP contribution in [0.4, 0.5) is 17.1 Å². The molecule has 1 aliphatic heterocycles. The van der Waals surface area contributed by atoms with Gasteiger partial charge < -0.3 is 14.8 Å². The van der Waals surface area contributed by atoms with Crippen LogP contribution >= 0.6 is 0 Å². The number of hydrogen-bond acceptors (Lipinski definition) is 5. The molecule has 6 heteroatoms. The Morgan fingerprint density at radius 2 is 1.27 bits per heavy atom. The van der Waals surface area contributed by atoms with Gasteiger partial charge in [0.2, 0.25) is 0 Å². The third-order valence-corrected chi connectivity index (χ3v) is 11.3. The second-order valence-electron chi connectivity index (χ2n) is 15.1. The number of benzene rings is 7. The van der Waals surface area contributed by atoms with Crippen molar-refractivity contribution in [3.05, 3.63) is 237 Å². The Bertz CT molecular complexity index is 3160. The number of aromatic nitrogens is 3. The molecule has 0 saturated heterocycles. The first-order valence-corrected chi connectivity index (χ1v) is 20.7. The van der Waals surface area contributed by atoms with Crippen LogP contribution in [-0.4, -0.2) is 26.9 Å². The molecule has 62 heavy (non-hydrogen) atoms. The highest BCUT2D eigenvalue weighted by Gasteiger charge is 2.22. The van der Waals surface area contributed by atoms with Crippen LogP contribution in [-0.2, 0) is 0 Å². The van der Waals surface area contributed by atoms with Gasteiger partial charge in [-0.15, -0.1) is 0 Å². The zero-order valence-corrected chi connectivity index (χ0v) is 34.1. The van der Waals surface area contributed by atoms with E-state index in [1.807, 2.05) is 30.5 Å². The van der Waals surface area contributed by atoms with E-state index in [1.165, 1.54) is 0 Å². The Kier molecular flexibility index (Phi) is 10.2. The number of fused-ring (bicyclic) bond motifs is 3. The van der Waals surface area contributed by atoms with Gasteiger partial charge in [0, 0.05) is 75.4 Å². The van der Waals surface area contributed by atoms with Crippen molar-refractivity contribution in [1.29, 1.82) is 0 Å². The van der Waals surface area contributed by atoms with E-state index in [2.05, 4.69) is 207 Å². The van der Waals surface area contributed by atoms with Crippen molar-refractivity contribution in [2.24, 2.45) is 4.99 Å². The summed E-state index contributed by atoms with van der Waals surface area (Å²) in [6, 6.07) is 60.2. The van der Waals surface area contributed by atoms with Crippen LogP contribution in [0.25, 0.3) is 66.7 Å². The normalized spacial score (nSPS) is 12.4. The van der Waals surface area contributed by atoms with E-state index >= 15 is 0 Å². The number of hydrogen-bond donors (Lipinski definition) is 1. The van der Waals surface area contributed by atoms with E-state index in [4.69, 9.17) is 0 Å². The average Bonchev–Trinajstić information content (AvgIpc) is 3.69. The summed E-state index contributed by atoms with van der Waals surface area (Å²) in [6.45, 7) is 9.21. The highest BCUT2D eigenvalue weighted by molar-refractivity contribution is 6.19. The summed E-state index contributed by atoms with van der Waals surface area (Å²) in [5, 5.41) is 5.69. The molecule has 0 saturated carbocycles. The maximum Gasteiger partial charge on any atom is 0.159 e. The molecular formula is C56H42N6. The summed E-state index contributed by atoms with van der Waals surface area (Å²) < 4.78 is 2.42. The smallest absolute Gasteiger partial charge is 0.159 e. The van der Waals surface area contributed by atoms with Crippen molar-refractivity contribution in [3.8, 4) is 39.3 Å². The summed E-state index contributed by atoms with van der Waals surface area (Å²) in [6.07, 6.45) is 13.2. The molecule has 7 aromatic carbocycles. The fraction of sp³-hybridized carbons (Fsp3) is 0.0179. The van der Waals surface area contributed by atoms with Crippen molar-refractivity contribution < 1.29 is 0 Å². The summed E-state index contributed by atoms with van der Waals surface area (Å²) in [5.74, 6) is 1.55. The van der Waals surface area contributed by atoms with Gasteiger partial charge in [0.15, 0.2) is 5.82 Å². The van der Waals surface area contributed by atoms with Crippen LogP contribution in [0.15, 0.2) is 231 Å². The monoisotopic (exact) mass is 798 g/mol. The predicted octanol–water partition coefficient (Wildman–Crippen LogP) is 13.7. The second-order valence-corrected chi connectivity index (χ2v) is 15.1. The van der Waals surface area contributed by atoms with Gasteiger partial charge in [-0.05, 0) is 131 Å². The van der Waals surface area contributed by atoms with Crippen molar-refractivity contribution >= 4 is 50.3 Å². The topological polar surface area (TPSA) is 58.3 Å². The van der Waals surface area contributed by atoms with Gasteiger partial charge in [0.25, 0.3) is 0 Å². The number of nitrogens with zero attached hydrogens (tertiary/aromatic N) is 5.